The maximum atomic E-state index is 12.4. The van der Waals surface area contributed by atoms with E-state index in [2.05, 4.69) is 12.1 Å². The molecule has 0 saturated carbocycles. The van der Waals surface area contributed by atoms with E-state index in [9.17, 15) is 4.79 Å². The minimum atomic E-state index is 0.0534. The van der Waals surface area contributed by atoms with Crippen LogP contribution in [0.3, 0.4) is 0 Å². The summed E-state index contributed by atoms with van der Waals surface area (Å²) in [5.74, 6) is 2.44. The molecule has 2 heterocycles. The number of nitrogens with one attached hydrogen (secondary N) is 1. The summed E-state index contributed by atoms with van der Waals surface area (Å²) in [7, 11) is 0. The van der Waals surface area contributed by atoms with Gasteiger partial charge < -0.3 is 24.0 Å². The lowest BCUT2D eigenvalue weighted by molar-refractivity contribution is -0.917. The first kappa shape index (κ1) is 17.7. The first-order chi connectivity index (χ1) is 13.2. The molecule has 6 heteroatoms. The van der Waals surface area contributed by atoms with Crippen molar-refractivity contribution in [2.45, 2.75) is 13.5 Å². The third kappa shape index (κ3) is 4.34. The number of ether oxygens (including phenoxy) is 3. The number of benzene rings is 2. The Balaban J connectivity index is 1.23. The highest BCUT2D eigenvalue weighted by atomic mass is 16.7. The van der Waals surface area contributed by atoms with Crippen molar-refractivity contribution in [3.63, 3.8) is 0 Å². The van der Waals surface area contributed by atoms with Crippen molar-refractivity contribution in [2.75, 3.05) is 39.6 Å². The predicted octanol–water partition coefficient (Wildman–Crippen LogP) is 1.03. The summed E-state index contributed by atoms with van der Waals surface area (Å²) >= 11 is 0. The highest BCUT2D eigenvalue weighted by Crippen LogP contribution is 2.32. The number of carbonyl (C=O) groups is 1. The van der Waals surface area contributed by atoms with Crippen molar-refractivity contribution in [1.29, 1.82) is 0 Å². The number of amides is 1. The first-order valence-electron chi connectivity index (χ1n) is 9.37. The summed E-state index contributed by atoms with van der Waals surface area (Å²) in [6, 6.07) is 13.9. The lowest BCUT2D eigenvalue weighted by atomic mass is 10.1. The fraction of sp³-hybridized carbons (Fsp3) is 0.381. The van der Waals surface area contributed by atoms with Crippen LogP contribution in [0.5, 0.6) is 17.2 Å². The molecule has 1 N–H and O–H groups in total. The highest BCUT2D eigenvalue weighted by molar-refractivity contribution is 5.77. The molecule has 1 amide bonds. The molecule has 4 rings (SSSR count). The van der Waals surface area contributed by atoms with Gasteiger partial charge in [0.05, 0.1) is 26.2 Å². The van der Waals surface area contributed by atoms with Gasteiger partial charge in [0.25, 0.3) is 5.91 Å². The molecular weight excluding hydrogens is 344 g/mol. The van der Waals surface area contributed by atoms with E-state index in [-0.39, 0.29) is 12.5 Å². The fourth-order valence-corrected chi connectivity index (χ4v) is 3.46. The summed E-state index contributed by atoms with van der Waals surface area (Å²) in [5, 5.41) is 0. The lowest BCUT2D eigenvalue weighted by Gasteiger charge is -2.32. The third-order valence-corrected chi connectivity index (χ3v) is 5.10. The summed E-state index contributed by atoms with van der Waals surface area (Å²) in [6.07, 6.45) is 0. The van der Waals surface area contributed by atoms with Crippen LogP contribution in [0, 0.1) is 6.92 Å². The lowest BCUT2D eigenvalue weighted by Crippen LogP contribution is -3.13. The van der Waals surface area contributed by atoms with Crippen molar-refractivity contribution < 1.29 is 23.9 Å². The SMILES string of the molecule is Cc1ccc(OCC(=O)N2CC[NH+](Cc3ccc4c(c3)OCO4)CC2)cc1. The number of hydrogen-bond acceptors (Lipinski definition) is 4. The molecular formula is C21H25N2O4+. The topological polar surface area (TPSA) is 52.4 Å². The van der Waals surface area contributed by atoms with E-state index in [1.807, 2.05) is 42.2 Å². The molecule has 0 aromatic heterocycles. The summed E-state index contributed by atoms with van der Waals surface area (Å²) in [4.78, 5) is 15.8. The van der Waals surface area contributed by atoms with Crippen LogP contribution in [0.2, 0.25) is 0 Å². The Hall–Kier alpha value is -2.73. The molecule has 0 unspecified atom stereocenters. The summed E-state index contributed by atoms with van der Waals surface area (Å²) in [6.45, 7) is 6.75. The number of fused-ring (bicyclic) bond motifs is 1. The van der Waals surface area contributed by atoms with Crippen molar-refractivity contribution >= 4 is 5.91 Å². The van der Waals surface area contributed by atoms with Gasteiger partial charge in [-0.25, -0.2) is 0 Å². The quantitative estimate of drug-likeness (QED) is 0.855. The Morgan fingerprint density at radius 1 is 1.07 bits per heavy atom. The molecule has 142 valence electrons. The Kier molecular flexibility index (Phi) is 5.16. The van der Waals surface area contributed by atoms with E-state index >= 15 is 0 Å². The van der Waals surface area contributed by atoms with Crippen molar-refractivity contribution in [1.82, 2.24) is 4.90 Å². The van der Waals surface area contributed by atoms with E-state index in [4.69, 9.17) is 14.2 Å². The van der Waals surface area contributed by atoms with Crippen LogP contribution in [-0.2, 0) is 11.3 Å². The molecule has 2 aliphatic rings. The molecule has 0 radical (unpaired) electrons. The monoisotopic (exact) mass is 369 g/mol. The van der Waals surface area contributed by atoms with E-state index < -0.39 is 0 Å². The Morgan fingerprint density at radius 2 is 1.81 bits per heavy atom. The minimum Gasteiger partial charge on any atom is -0.484 e. The van der Waals surface area contributed by atoms with Gasteiger partial charge in [-0.3, -0.25) is 4.79 Å². The fourth-order valence-electron chi connectivity index (χ4n) is 3.46. The van der Waals surface area contributed by atoms with Crippen LogP contribution < -0.4 is 19.1 Å². The molecule has 0 spiro atoms. The average molecular weight is 369 g/mol. The van der Waals surface area contributed by atoms with E-state index in [0.29, 0.717) is 6.79 Å². The van der Waals surface area contributed by atoms with Crippen LogP contribution in [0.1, 0.15) is 11.1 Å². The van der Waals surface area contributed by atoms with Gasteiger partial charge in [-0.05, 0) is 37.3 Å². The second kappa shape index (κ2) is 7.88. The van der Waals surface area contributed by atoms with E-state index in [0.717, 1.165) is 50.0 Å². The van der Waals surface area contributed by atoms with Crippen LogP contribution in [0.25, 0.3) is 0 Å². The van der Waals surface area contributed by atoms with Crippen LogP contribution in [0.4, 0.5) is 0 Å². The van der Waals surface area contributed by atoms with Crippen LogP contribution in [-0.4, -0.2) is 50.4 Å². The number of aryl methyl sites for hydroxylation is 1. The Bertz CT molecular complexity index is 798. The Labute approximate surface area is 159 Å². The minimum absolute atomic E-state index is 0.0534. The number of quaternary nitrogens is 1. The van der Waals surface area contributed by atoms with Crippen LogP contribution in [0.15, 0.2) is 42.5 Å². The standard InChI is InChI=1S/C21H24N2O4/c1-16-2-5-18(6-3-16)25-14-21(24)23-10-8-22(9-11-23)13-17-4-7-19-20(12-17)27-15-26-19/h2-7,12H,8-11,13-15H2,1H3/p+1. The second-order valence-corrected chi connectivity index (χ2v) is 7.10. The van der Waals surface area contributed by atoms with E-state index in [1.54, 1.807) is 0 Å². The molecule has 2 aromatic rings. The molecule has 6 nitrogen and oxygen atoms in total. The van der Waals surface area contributed by atoms with Crippen molar-refractivity contribution in [2.24, 2.45) is 0 Å². The molecule has 2 aromatic carbocycles. The zero-order valence-corrected chi connectivity index (χ0v) is 15.6. The van der Waals surface area contributed by atoms with Gasteiger partial charge in [-0.15, -0.1) is 0 Å². The summed E-state index contributed by atoms with van der Waals surface area (Å²) < 4.78 is 16.4. The summed E-state index contributed by atoms with van der Waals surface area (Å²) in [5.41, 5.74) is 2.41. The first-order valence-corrected chi connectivity index (χ1v) is 9.37. The molecule has 27 heavy (non-hydrogen) atoms. The van der Waals surface area contributed by atoms with Crippen molar-refractivity contribution in [3.8, 4) is 17.2 Å². The second-order valence-electron chi connectivity index (χ2n) is 7.10. The smallest absolute Gasteiger partial charge is 0.260 e. The largest absolute Gasteiger partial charge is 0.484 e. The van der Waals surface area contributed by atoms with Gasteiger partial charge in [0, 0.05) is 5.56 Å². The molecule has 0 bridgehead atoms. The molecule has 0 aliphatic carbocycles. The number of carbonyl (C=O) groups excluding carboxylic acids is 1. The van der Waals surface area contributed by atoms with Gasteiger partial charge in [-0.1, -0.05) is 17.7 Å². The zero-order valence-electron chi connectivity index (χ0n) is 15.6. The van der Waals surface area contributed by atoms with Gasteiger partial charge in [0.15, 0.2) is 18.1 Å². The Morgan fingerprint density at radius 3 is 2.59 bits per heavy atom. The maximum Gasteiger partial charge on any atom is 0.260 e. The zero-order chi connectivity index (χ0) is 18.6. The third-order valence-electron chi connectivity index (χ3n) is 5.10. The normalized spacial score (nSPS) is 16.4. The van der Waals surface area contributed by atoms with Crippen LogP contribution >= 0.6 is 0 Å². The number of piperazine rings is 1. The number of hydrogen-bond donors (Lipinski definition) is 1. The van der Waals surface area contributed by atoms with Gasteiger partial charge in [0.2, 0.25) is 6.79 Å². The highest BCUT2D eigenvalue weighted by Gasteiger charge is 2.24. The average Bonchev–Trinajstić information content (AvgIpc) is 3.16. The van der Waals surface area contributed by atoms with Gasteiger partial charge in [0.1, 0.15) is 12.3 Å². The van der Waals surface area contributed by atoms with Crippen molar-refractivity contribution in [3.05, 3.63) is 53.6 Å². The van der Waals surface area contributed by atoms with E-state index in [1.165, 1.54) is 16.0 Å². The maximum absolute atomic E-state index is 12.4. The molecule has 1 saturated heterocycles. The molecule has 1 fully saturated rings. The van der Waals surface area contributed by atoms with Gasteiger partial charge in [-0.2, -0.15) is 0 Å². The number of rotatable bonds is 5. The van der Waals surface area contributed by atoms with Gasteiger partial charge >= 0.3 is 0 Å². The number of nitrogens with zero attached hydrogens (tertiary/aromatic N) is 1. The molecule has 0 atom stereocenters. The predicted molar refractivity (Wildman–Crippen MR) is 100 cm³/mol. The molecule has 2 aliphatic heterocycles.